The van der Waals surface area contributed by atoms with Gasteiger partial charge in [-0.2, -0.15) is 0 Å². The van der Waals surface area contributed by atoms with Crippen molar-refractivity contribution in [1.29, 1.82) is 0 Å². The van der Waals surface area contributed by atoms with Gasteiger partial charge in [0, 0.05) is 11.8 Å². The average molecular weight is 205 g/mol. The average Bonchev–Trinajstić information content (AvgIpc) is 2.67. The van der Waals surface area contributed by atoms with Gasteiger partial charge >= 0.3 is 0 Å². The van der Waals surface area contributed by atoms with Crippen molar-refractivity contribution in [3.05, 3.63) is 0 Å². The maximum Gasteiger partial charge on any atom is 0.122 e. The van der Waals surface area contributed by atoms with E-state index in [0.29, 0.717) is 5.41 Å². The van der Waals surface area contributed by atoms with Crippen LogP contribution in [0, 0.1) is 23.2 Å². The molecule has 4 bridgehead atoms. The first-order valence-electron chi connectivity index (χ1n) is 6.53. The molecule has 0 aromatic carbocycles. The Labute approximate surface area is 91.1 Å². The quantitative estimate of drug-likeness (QED) is 0.645. The van der Waals surface area contributed by atoms with Crippen molar-refractivity contribution in [2.24, 2.45) is 28.3 Å². The van der Waals surface area contributed by atoms with Crippen molar-refractivity contribution >= 4 is 5.71 Å². The van der Waals surface area contributed by atoms with E-state index in [0.717, 1.165) is 30.8 Å². The summed E-state index contributed by atoms with van der Waals surface area (Å²) < 4.78 is 0. The van der Waals surface area contributed by atoms with Crippen LogP contribution in [0.2, 0.25) is 0 Å². The molecule has 0 unspecified atom stereocenters. The molecule has 1 aliphatic heterocycles. The van der Waals surface area contributed by atoms with Gasteiger partial charge in [-0.15, -0.1) is 0 Å². The molecule has 1 heterocycles. The Morgan fingerprint density at radius 3 is 2.07 bits per heavy atom. The summed E-state index contributed by atoms with van der Waals surface area (Å²) in [5.74, 6) is 3.08. The van der Waals surface area contributed by atoms with Gasteiger partial charge < -0.3 is 4.84 Å². The fourth-order valence-corrected chi connectivity index (χ4v) is 5.14. The van der Waals surface area contributed by atoms with Crippen LogP contribution in [0.1, 0.15) is 44.9 Å². The topological polar surface area (TPSA) is 21.6 Å². The molecule has 2 nitrogen and oxygen atoms in total. The third kappa shape index (κ3) is 1.14. The number of hydrogen-bond acceptors (Lipinski definition) is 2. The Morgan fingerprint density at radius 2 is 1.60 bits per heavy atom. The highest BCUT2D eigenvalue weighted by Crippen LogP contribution is 2.61. The maximum atomic E-state index is 5.23. The van der Waals surface area contributed by atoms with Crippen LogP contribution in [0.4, 0.5) is 0 Å². The molecular weight excluding hydrogens is 186 g/mol. The molecule has 4 fully saturated rings. The standard InChI is InChI=1S/C13H19NO/c1-2-15-14-12(1)13-6-9-3-10(7-13)5-11(4-9)8-13/h9-11H,1-8H2. The fourth-order valence-electron chi connectivity index (χ4n) is 5.14. The summed E-state index contributed by atoms with van der Waals surface area (Å²) in [5.41, 5.74) is 1.94. The molecular formula is C13H19NO. The molecule has 5 rings (SSSR count). The molecule has 0 saturated heterocycles. The number of hydrogen-bond donors (Lipinski definition) is 0. The molecule has 0 aromatic heterocycles. The second-order valence-electron chi connectivity index (χ2n) is 6.32. The molecule has 2 heteroatoms. The summed E-state index contributed by atoms with van der Waals surface area (Å²) in [7, 11) is 0. The van der Waals surface area contributed by atoms with Crippen LogP contribution >= 0.6 is 0 Å². The van der Waals surface area contributed by atoms with Crippen molar-refractivity contribution < 1.29 is 4.84 Å². The van der Waals surface area contributed by atoms with E-state index in [2.05, 4.69) is 5.16 Å². The van der Waals surface area contributed by atoms with Gasteiger partial charge in [0.05, 0.1) is 5.71 Å². The zero-order valence-electron chi connectivity index (χ0n) is 9.24. The van der Waals surface area contributed by atoms with Crippen LogP contribution in [0.15, 0.2) is 5.16 Å². The summed E-state index contributed by atoms with van der Waals surface area (Å²) >= 11 is 0. The largest absolute Gasteiger partial charge is 0.395 e. The smallest absolute Gasteiger partial charge is 0.122 e. The first-order chi connectivity index (χ1) is 7.34. The highest BCUT2D eigenvalue weighted by Gasteiger charge is 2.53. The predicted octanol–water partition coefficient (Wildman–Crippen LogP) is 2.98. The van der Waals surface area contributed by atoms with E-state index >= 15 is 0 Å². The van der Waals surface area contributed by atoms with Crippen LogP contribution in [0.25, 0.3) is 0 Å². The van der Waals surface area contributed by atoms with Crippen LogP contribution in [-0.4, -0.2) is 12.3 Å². The number of nitrogens with zero attached hydrogens (tertiary/aromatic N) is 1. The normalized spacial score (nSPS) is 51.7. The monoisotopic (exact) mass is 205 g/mol. The Bertz CT molecular complexity index is 285. The van der Waals surface area contributed by atoms with Crippen molar-refractivity contribution in [3.63, 3.8) is 0 Å². The first-order valence-corrected chi connectivity index (χ1v) is 6.53. The van der Waals surface area contributed by atoms with E-state index < -0.39 is 0 Å². The van der Waals surface area contributed by atoms with Crippen LogP contribution in [-0.2, 0) is 4.84 Å². The molecule has 82 valence electrons. The van der Waals surface area contributed by atoms with Gasteiger partial charge in [0.2, 0.25) is 0 Å². The minimum Gasteiger partial charge on any atom is -0.395 e. The van der Waals surface area contributed by atoms with Crippen molar-refractivity contribution in [2.45, 2.75) is 44.9 Å². The molecule has 0 radical (unpaired) electrons. The van der Waals surface area contributed by atoms with E-state index in [-0.39, 0.29) is 0 Å². The minimum atomic E-state index is 0.505. The van der Waals surface area contributed by atoms with Gasteiger partial charge in [-0.3, -0.25) is 0 Å². The molecule has 0 atom stereocenters. The third-order valence-electron chi connectivity index (χ3n) is 5.26. The molecule has 4 saturated carbocycles. The highest BCUT2D eigenvalue weighted by atomic mass is 16.6. The van der Waals surface area contributed by atoms with E-state index in [1.165, 1.54) is 44.2 Å². The lowest BCUT2D eigenvalue weighted by Gasteiger charge is -2.56. The lowest BCUT2D eigenvalue weighted by Crippen LogP contribution is -2.49. The van der Waals surface area contributed by atoms with Crippen molar-refractivity contribution in [1.82, 2.24) is 0 Å². The lowest BCUT2D eigenvalue weighted by molar-refractivity contribution is -0.0133. The molecule has 5 aliphatic rings. The van der Waals surface area contributed by atoms with Crippen LogP contribution in [0.3, 0.4) is 0 Å². The van der Waals surface area contributed by atoms with E-state index in [9.17, 15) is 0 Å². The van der Waals surface area contributed by atoms with Crippen LogP contribution < -0.4 is 0 Å². The highest BCUT2D eigenvalue weighted by molar-refractivity contribution is 5.91. The van der Waals surface area contributed by atoms with Crippen LogP contribution in [0.5, 0.6) is 0 Å². The maximum absolute atomic E-state index is 5.23. The zero-order chi connectivity index (χ0) is 9.88. The summed E-state index contributed by atoms with van der Waals surface area (Å²) in [6, 6.07) is 0. The van der Waals surface area contributed by atoms with Crippen molar-refractivity contribution in [3.8, 4) is 0 Å². The Balaban J connectivity index is 1.71. The molecule has 0 amide bonds. The lowest BCUT2D eigenvalue weighted by atomic mass is 9.48. The summed E-state index contributed by atoms with van der Waals surface area (Å²) in [4.78, 5) is 5.23. The summed E-state index contributed by atoms with van der Waals surface area (Å²) in [5, 5.41) is 4.34. The Hall–Kier alpha value is -0.530. The van der Waals surface area contributed by atoms with Gasteiger partial charge in [0.1, 0.15) is 6.61 Å². The molecule has 4 aliphatic carbocycles. The first kappa shape index (κ1) is 8.60. The Kier molecular flexibility index (Phi) is 1.59. The van der Waals surface area contributed by atoms with Gasteiger partial charge in [-0.05, 0) is 56.3 Å². The summed E-state index contributed by atoms with van der Waals surface area (Å²) in [6.45, 7) is 0.844. The number of rotatable bonds is 1. The zero-order valence-corrected chi connectivity index (χ0v) is 9.24. The third-order valence-corrected chi connectivity index (χ3v) is 5.26. The predicted molar refractivity (Wildman–Crippen MR) is 58.6 cm³/mol. The van der Waals surface area contributed by atoms with E-state index in [1.807, 2.05) is 0 Å². The molecule has 0 spiro atoms. The second-order valence-corrected chi connectivity index (χ2v) is 6.32. The SMILES string of the molecule is C1CC(C23CC4CC(CC(C4)C2)C3)=NO1. The van der Waals surface area contributed by atoms with Gasteiger partial charge in [0.25, 0.3) is 0 Å². The second kappa shape index (κ2) is 2.78. The molecule has 0 N–H and O–H groups in total. The van der Waals surface area contributed by atoms with Gasteiger partial charge in [-0.1, -0.05) is 5.16 Å². The van der Waals surface area contributed by atoms with E-state index in [4.69, 9.17) is 4.84 Å². The van der Waals surface area contributed by atoms with Crippen molar-refractivity contribution in [2.75, 3.05) is 6.61 Å². The Morgan fingerprint density at radius 1 is 1.00 bits per heavy atom. The summed E-state index contributed by atoms with van der Waals surface area (Å²) in [6.07, 6.45) is 9.98. The van der Waals surface area contributed by atoms with Gasteiger partial charge in [0.15, 0.2) is 0 Å². The number of oxime groups is 1. The van der Waals surface area contributed by atoms with E-state index in [1.54, 1.807) is 0 Å². The minimum absolute atomic E-state index is 0.505. The fraction of sp³-hybridized carbons (Fsp3) is 0.923. The molecule has 0 aromatic rings. The van der Waals surface area contributed by atoms with Gasteiger partial charge in [-0.25, -0.2) is 0 Å². The molecule has 15 heavy (non-hydrogen) atoms.